The van der Waals surface area contributed by atoms with Gasteiger partial charge in [-0.15, -0.1) is 0 Å². The summed E-state index contributed by atoms with van der Waals surface area (Å²) >= 11 is 0. The minimum atomic E-state index is -0.0902. The van der Waals surface area contributed by atoms with Gasteiger partial charge >= 0.3 is 0 Å². The molecule has 0 saturated heterocycles. The Bertz CT molecular complexity index is 555. The summed E-state index contributed by atoms with van der Waals surface area (Å²) in [4.78, 5) is 12.5. The highest BCUT2D eigenvalue weighted by Gasteiger charge is 2.18. The third-order valence-electron chi connectivity index (χ3n) is 3.34. The molecule has 1 nitrogen and oxygen atoms in total. The Morgan fingerprint density at radius 1 is 1.00 bits per heavy atom. The third-order valence-corrected chi connectivity index (χ3v) is 3.34. The van der Waals surface area contributed by atoms with Crippen molar-refractivity contribution < 1.29 is 4.79 Å². The molecule has 2 aromatic rings. The van der Waals surface area contributed by atoms with E-state index in [4.69, 9.17) is 0 Å². The summed E-state index contributed by atoms with van der Waals surface area (Å²) in [5.74, 6) is 0.103. The van der Waals surface area contributed by atoms with Crippen LogP contribution in [0.5, 0.6) is 0 Å². The molecule has 2 rings (SSSR count). The zero-order valence-electron chi connectivity index (χ0n) is 11.1. The molecule has 0 aliphatic heterocycles. The monoisotopic (exact) mass is 238 g/mol. The maximum absolute atomic E-state index is 12.5. The maximum atomic E-state index is 12.5. The van der Waals surface area contributed by atoms with Crippen molar-refractivity contribution in [3.63, 3.8) is 0 Å². The van der Waals surface area contributed by atoms with E-state index in [1.807, 2.05) is 63.2 Å². The van der Waals surface area contributed by atoms with Crippen molar-refractivity contribution in [1.29, 1.82) is 0 Å². The molecule has 2 aromatic carbocycles. The van der Waals surface area contributed by atoms with Gasteiger partial charge in [-0.05, 0) is 25.0 Å². The average Bonchev–Trinajstić information content (AvgIpc) is 2.38. The van der Waals surface area contributed by atoms with E-state index < -0.39 is 0 Å². The Balaban J connectivity index is 2.32. The van der Waals surface area contributed by atoms with Gasteiger partial charge in [0.15, 0.2) is 5.78 Å². The van der Waals surface area contributed by atoms with Gasteiger partial charge in [0.2, 0.25) is 0 Å². The van der Waals surface area contributed by atoms with E-state index in [2.05, 4.69) is 6.07 Å². The van der Waals surface area contributed by atoms with Gasteiger partial charge < -0.3 is 0 Å². The van der Waals surface area contributed by atoms with Gasteiger partial charge in [0.1, 0.15) is 0 Å². The number of hydrogen-bond donors (Lipinski definition) is 0. The van der Waals surface area contributed by atoms with Crippen molar-refractivity contribution in [1.82, 2.24) is 0 Å². The van der Waals surface area contributed by atoms with Crippen LogP contribution in [-0.4, -0.2) is 5.78 Å². The van der Waals surface area contributed by atoms with Gasteiger partial charge in [-0.3, -0.25) is 4.79 Å². The molecule has 1 heteroatoms. The Kier molecular flexibility index (Phi) is 3.61. The summed E-state index contributed by atoms with van der Waals surface area (Å²) in [6.07, 6.45) is 0. The topological polar surface area (TPSA) is 17.1 Å². The SMILES string of the molecule is Cc1ccc(C(=O)C(C)c2ccccc2)c(C)c1. The van der Waals surface area contributed by atoms with Crippen molar-refractivity contribution in [3.8, 4) is 0 Å². The second-order valence-electron chi connectivity index (χ2n) is 4.81. The maximum Gasteiger partial charge on any atom is 0.170 e. The summed E-state index contributed by atoms with van der Waals surface area (Å²) < 4.78 is 0. The van der Waals surface area contributed by atoms with Gasteiger partial charge in [-0.2, -0.15) is 0 Å². The molecule has 1 unspecified atom stereocenters. The molecule has 0 N–H and O–H groups in total. The lowest BCUT2D eigenvalue weighted by molar-refractivity contribution is 0.0965. The summed E-state index contributed by atoms with van der Waals surface area (Å²) in [5.41, 5.74) is 4.15. The summed E-state index contributed by atoms with van der Waals surface area (Å²) in [6, 6.07) is 15.9. The normalized spacial score (nSPS) is 12.2. The lowest BCUT2D eigenvalue weighted by Crippen LogP contribution is -2.11. The highest BCUT2D eigenvalue weighted by molar-refractivity contribution is 6.01. The zero-order valence-corrected chi connectivity index (χ0v) is 11.1. The first kappa shape index (κ1) is 12.6. The fourth-order valence-electron chi connectivity index (χ4n) is 2.22. The van der Waals surface area contributed by atoms with E-state index in [9.17, 15) is 4.79 Å². The van der Waals surface area contributed by atoms with Gasteiger partial charge in [-0.25, -0.2) is 0 Å². The van der Waals surface area contributed by atoms with Gasteiger partial charge in [0, 0.05) is 11.5 Å². The highest BCUT2D eigenvalue weighted by Crippen LogP contribution is 2.22. The number of carbonyl (C=O) groups is 1. The predicted octanol–water partition coefficient (Wildman–Crippen LogP) is 4.29. The molecule has 0 fully saturated rings. The number of ketones is 1. The van der Waals surface area contributed by atoms with E-state index in [1.54, 1.807) is 0 Å². The molecule has 0 aliphatic carbocycles. The van der Waals surface area contributed by atoms with Crippen LogP contribution in [0, 0.1) is 13.8 Å². The van der Waals surface area contributed by atoms with Crippen LogP contribution in [0.4, 0.5) is 0 Å². The second kappa shape index (κ2) is 5.18. The van der Waals surface area contributed by atoms with E-state index in [0.29, 0.717) is 0 Å². The van der Waals surface area contributed by atoms with Crippen LogP contribution in [0.25, 0.3) is 0 Å². The van der Waals surface area contributed by atoms with Crippen molar-refractivity contribution in [2.75, 3.05) is 0 Å². The van der Waals surface area contributed by atoms with Crippen LogP contribution >= 0.6 is 0 Å². The molecule has 0 radical (unpaired) electrons. The molecule has 0 spiro atoms. The van der Waals surface area contributed by atoms with E-state index >= 15 is 0 Å². The molecule has 0 saturated carbocycles. The molecular formula is C17H18O. The van der Waals surface area contributed by atoms with Crippen LogP contribution in [0.1, 0.15) is 39.9 Å². The predicted molar refractivity (Wildman–Crippen MR) is 75.1 cm³/mol. The molecule has 1 atom stereocenters. The van der Waals surface area contributed by atoms with E-state index in [1.165, 1.54) is 5.56 Å². The van der Waals surface area contributed by atoms with Crippen LogP contribution in [-0.2, 0) is 0 Å². The molecule has 0 heterocycles. The average molecular weight is 238 g/mol. The highest BCUT2D eigenvalue weighted by atomic mass is 16.1. The van der Waals surface area contributed by atoms with Crippen molar-refractivity contribution >= 4 is 5.78 Å². The summed E-state index contributed by atoms with van der Waals surface area (Å²) in [7, 11) is 0. The van der Waals surface area contributed by atoms with Crippen molar-refractivity contribution in [2.24, 2.45) is 0 Å². The van der Waals surface area contributed by atoms with Crippen LogP contribution < -0.4 is 0 Å². The summed E-state index contributed by atoms with van der Waals surface area (Å²) in [6.45, 7) is 6.01. The minimum absolute atomic E-state index is 0.0902. The van der Waals surface area contributed by atoms with Crippen LogP contribution in [0.2, 0.25) is 0 Å². The molecule has 92 valence electrons. The lowest BCUT2D eigenvalue weighted by Gasteiger charge is -2.13. The van der Waals surface area contributed by atoms with Gasteiger partial charge in [0.05, 0.1) is 0 Å². The Hall–Kier alpha value is -1.89. The first-order valence-corrected chi connectivity index (χ1v) is 6.26. The molecule has 0 aromatic heterocycles. The van der Waals surface area contributed by atoms with Crippen LogP contribution in [0.3, 0.4) is 0 Å². The second-order valence-corrected chi connectivity index (χ2v) is 4.81. The van der Waals surface area contributed by atoms with Crippen LogP contribution in [0.15, 0.2) is 48.5 Å². The first-order chi connectivity index (χ1) is 8.59. The van der Waals surface area contributed by atoms with Crippen molar-refractivity contribution in [3.05, 3.63) is 70.8 Å². The van der Waals surface area contributed by atoms with E-state index in [-0.39, 0.29) is 11.7 Å². The minimum Gasteiger partial charge on any atom is -0.293 e. The quantitative estimate of drug-likeness (QED) is 0.729. The largest absolute Gasteiger partial charge is 0.293 e. The fraction of sp³-hybridized carbons (Fsp3) is 0.235. The number of aryl methyl sites for hydroxylation is 2. The van der Waals surface area contributed by atoms with Gasteiger partial charge in [-0.1, -0.05) is 61.0 Å². The first-order valence-electron chi connectivity index (χ1n) is 6.26. The van der Waals surface area contributed by atoms with Gasteiger partial charge in [0.25, 0.3) is 0 Å². The number of carbonyl (C=O) groups excluding carboxylic acids is 1. The smallest absolute Gasteiger partial charge is 0.170 e. The fourth-order valence-corrected chi connectivity index (χ4v) is 2.22. The number of Topliss-reactive ketones (excluding diaryl/α,β-unsaturated/α-hetero) is 1. The molecule has 18 heavy (non-hydrogen) atoms. The Morgan fingerprint density at radius 3 is 2.28 bits per heavy atom. The number of benzene rings is 2. The lowest BCUT2D eigenvalue weighted by atomic mass is 9.90. The number of rotatable bonds is 3. The Morgan fingerprint density at radius 2 is 1.67 bits per heavy atom. The molecule has 0 bridgehead atoms. The van der Waals surface area contributed by atoms with E-state index in [0.717, 1.165) is 16.7 Å². The third kappa shape index (κ3) is 2.51. The standard InChI is InChI=1S/C17H18O/c1-12-9-10-16(13(2)11-12)17(18)14(3)15-7-5-4-6-8-15/h4-11,14H,1-3H3. The summed E-state index contributed by atoms with van der Waals surface area (Å²) in [5, 5.41) is 0. The Labute approximate surface area is 108 Å². The molecular weight excluding hydrogens is 220 g/mol. The molecule has 0 aliphatic rings. The molecule has 0 amide bonds. The number of hydrogen-bond acceptors (Lipinski definition) is 1. The van der Waals surface area contributed by atoms with Crippen molar-refractivity contribution in [2.45, 2.75) is 26.7 Å². The zero-order chi connectivity index (χ0) is 13.1.